The van der Waals surface area contributed by atoms with Crippen LogP contribution in [0.5, 0.6) is 5.75 Å². The number of imidazole rings is 1. The van der Waals surface area contributed by atoms with Crippen molar-refractivity contribution < 1.29 is 9.84 Å². The van der Waals surface area contributed by atoms with E-state index in [2.05, 4.69) is 4.98 Å². The second kappa shape index (κ2) is 4.37. The summed E-state index contributed by atoms with van der Waals surface area (Å²) >= 11 is 0. The molecule has 0 aliphatic rings. The number of methoxy groups -OCH3 is 1. The Labute approximate surface area is 94.1 Å². The Kier molecular flexibility index (Phi) is 2.92. The Balaban J connectivity index is 2.38. The molecule has 2 aromatic rings. The molecule has 4 nitrogen and oxygen atoms in total. The highest BCUT2D eigenvalue weighted by molar-refractivity contribution is 5.57. The number of benzene rings is 1. The van der Waals surface area contributed by atoms with E-state index in [1.54, 1.807) is 7.11 Å². The maximum atomic E-state index is 9.01. The summed E-state index contributed by atoms with van der Waals surface area (Å²) in [6, 6.07) is 7.68. The molecule has 0 radical (unpaired) electrons. The Bertz CT molecular complexity index is 474. The van der Waals surface area contributed by atoms with E-state index >= 15 is 0 Å². The summed E-state index contributed by atoms with van der Waals surface area (Å²) in [6.07, 6.45) is 1.82. The van der Waals surface area contributed by atoms with E-state index in [1.165, 1.54) is 0 Å². The molecule has 0 aliphatic heterocycles. The van der Waals surface area contributed by atoms with Crippen LogP contribution in [0.3, 0.4) is 0 Å². The first kappa shape index (κ1) is 10.7. The molecule has 0 spiro atoms. The number of ether oxygens (including phenoxy) is 1. The third-order valence-electron chi connectivity index (χ3n) is 2.44. The lowest BCUT2D eigenvalue weighted by Crippen LogP contribution is -1.91. The van der Waals surface area contributed by atoms with Gasteiger partial charge in [-0.15, -0.1) is 0 Å². The average molecular weight is 218 g/mol. The van der Waals surface area contributed by atoms with E-state index in [4.69, 9.17) is 9.84 Å². The number of aromatic nitrogens is 2. The van der Waals surface area contributed by atoms with Crippen LogP contribution < -0.4 is 4.74 Å². The lowest BCUT2D eigenvalue weighted by Gasteiger charge is -2.03. The fourth-order valence-electron chi connectivity index (χ4n) is 1.61. The lowest BCUT2D eigenvalue weighted by atomic mass is 10.2. The molecular formula is C12H14N2O2. The minimum absolute atomic E-state index is 0.0377. The minimum atomic E-state index is -0.0377. The van der Waals surface area contributed by atoms with Crippen molar-refractivity contribution >= 4 is 0 Å². The third-order valence-corrected chi connectivity index (χ3v) is 2.44. The van der Waals surface area contributed by atoms with Gasteiger partial charge in [-0.25, -0.2) is 4.98 Å². The molecule has 2 rings (SSSR count). The predicted octanol–water partition coefficient (Wildman–Crippen LogP) is 1.59. The van der Waals surface area contributed by atoms with Crippen molar-refractivity contribution in [1.82, 2.24) is 9.55 Å². The number of aliphatic hydroxyl groups excluding tert-OH is 1. The molecule has 0 saturated heterocycles. The number of rotatable bonds is 3. The van der Waals surface area contributed by atoms with Gasteiger partial charge in [0, 0.05) is 18.8 Å². The first-order valence-electron chi connectivity index (χ1n) is 5.02. The largest absolute Gasteiger partial charge is 0.497 e. The molecule has 0 fully saturated rings. The number of hydrogen-bond acceptors (Lipinski definition) is 3. The topological polar surface area (TPSA) is 47.3 Å². The van der Waals surface area contributed by atoms with Crippen molar-refractivity contribution in [2.24, 2.45) is 7.05 Å². The molecule has 0 amide bonds. The predicted molar refractivity (Wildman–Crippen MR) is 61.1 cm³/mol. The molecule has 84 valence electrons. The van der Waals surface area contributed by atoms with Crippen LogP contribution in [0, 0.1) is 0 Å². The Morgan fingerprint density at radius 3 is 2.50 bits per heavy atom. The molecule has 1 N–H and O–H groups in total. The number of aryl methyl sites for hydroxylation is 1. The van der Waals surface area contributed by atoms with Crippen molar-refractivity contribution in [1.29, 1.82) is 0 Å². The first-order chi connectivity index (χ1) is 7.74. The maximum Gasteiger partial charge on any atom is 0.140 e. The Morgan fingerprint density at radius 1 is 1.31 bits per heavy atom. The SMILES string of the molecule is COc1ccc(-c2nc(CO)cn2C)cc1. The molecule has 0 saturated carbocycles. The summed E-state index contributed by atoms with van der Waals surface area (Å²) in [7, 11) is 3.55. The smallest absolute Gasteiger partial charge is 0.140 e. The lowest BCUT2D eigenvalue weighted by molar-refractivity contribution is 0.277. The second-order valence-electron chi connectivity index (χ2n) is 3.55. The van der Waals surface area contributed by atoms with Crippen LogP contribution in [0.1, 0.15) is 5.69 Å². The standard InChI is InChI=1S/C12H14N2O2/c1-14-7-10(8-15)13-12(14)9-3-5-11(16-2)6-4-9/h3-7,15H,8H2,1-2H3. The zero-order chi connectivity index (χ0) is 11.5. The van der Waals surface area contributed by atoms with Gasteiger partial charge < -0.3 is 14.4 Å². The van der Waals surface area contributed by atoms with Crippen LogP contribution in [0.4, 0.5) is 0 Å². The van der Waals surface area contributed by atoms with Crippen LogP contribution in [0.15, 0.2) is 30.5 Å². The maximum absolute atomic E-state index is 9.01. The van der Waals surface area contributed by atoms with E-state index in [-0.39, 0.29) is 6.61 Å². The van der Waals surface area contributed by atoms with Crippen LogP contribution in [0.25, 0.3) is 11.4 Å². The quantitative estimate of drug-likeness (QED) is 0.851. The van der Waals surface area contributed by atoms with E-state index in [9.17, 15) is 0 Å². The molecule has 1 heterocycles. The van der Waals surface area contributed by atoms with Gasteiger partial charge in [0.25, 0.3) is 0 Å². The van der Waals surface area contributed by atoms with Gasteiger partial charge >= 0.3 is 0 Å². The molecule has 16 heavy (non-hydrogen) atoms. The number of hydrogen-bond donors (Lipinski definition) is 1. The van der Waals surface area contributed by atoms with Crippen molar-refractivity contribution in [3.63, 3.8) is 0 Å². The molecule has 1 aromatic heterocycles. The van der Waals surface area contributed by atoms with Gasteiger partial charge in [-0.05, 0) is 24.3 Å². The van der Waals surface area contributed by atoms with Crippen LogP contribution in [0.2, 0.25) is 0 Å². The summed E-state index contributed by atoms with van der Waals surface area (Å²) in [6.45, 7) is -0.0377. The average Bonchev–Trinajstić information content (AvgIpc) is 2.71. The van der Waals surface area contributed by atoms with E-state index in [1.807, 2.05) is 42.1 Å². The van der Waals surface area contributed by atoms with Gasteiger partial charge in [0.2, 0.25) is 0 Å². The van der Waals surface area contributed by atoms with Crippen molar-refractivity contribution in [3.8, 4) is 17.1 Å². The molecule has 0 atom stereocenters. The molecule has 1 aromatic carbocycles. The van der Waals surface area contributed by atoms with Crippen molar-refractivity contribution in [3.05, 3.63) is 36.2 Å². The fourth-order valence-corrected chi connectivity index (χ4v) is 1.61. The Morgan fingerprint density at radius 2 is 2.00 bits per heavy atom. The van der Waals surface area contributed by atoms with Crippen LogP contribution >= 0.6 is 0 Å². The highest BCUT2D eigenvalue weighted by atomic mass is 16.5. The summed E-state index contributed by atoms with van der Waals surface area (Å²) in [5, 5.41) is 9.01. The van der Waals surface area contributed by atoms with Gasteiger partial charge in [0.05, 0.1) is 19.4 Å². The van der Waals surface area contributed by atoms with Crippen molar-refractivity contribution in [2.75, 3.05) is 7.11 Å². The second-order valence-corrected chi connectivity index (χ2v) is 3.55. The van der Waals surface area contributed by atoms with E-state index < -0.39 is 0 Å². The van der Waals surface area contributed by atoms with Gasteiger partial charge in [-0.2, -0.15) is 0 Å². The number of aliphatic hydroxyl groups is 1. The van der Waals surface area contributed by atoms with Crippen LogP contribution in [-0.4, -0.2) is 21.8 Å². The molecule has 0 bridgehead atoms. The zero-order valence-corrected chi connectivity index (χ0v) is 9.34. The van der Waals surface area contributed by atoms with Gasteiger partial charge in [0.15, 0.2) is 0 Å². The minimum Gasteiger partial charge on any atom is -0.497 e. The van der Waals surface area contributed by atoms with Gasteiger partial charge in [-0.3, -0.25) is 0 Å². The summed E-state index contributed by atoms with van der Waals surface area (Å²) in [4.78, 5) is 4.33. The van der Waals surface area contributed by atoms with E-state index in [0.717, 1.165) is 17.1 Å². The number of nitrogens with zero attached hydrogens (tertiary/aromatic N) is 2. The molecule has 0 unspecified atom stereocenters. The van der Waals surface area contributed by atoms with Crippen LogP contribution in [-0.2, 0) is 13.7 Å². The molecule has 0 aliphatic carbocycles. The Hall–Kier alpha value is -1.81. The molecule has 4 heteroatoms. The van der Waals surface area contributed by atoms with Crippen molar-refractivity contribution in [2.45, 2.75) is 6.61 Å². The molecular weight excluding hydrogens is 204 g/mol. The van der Waals surface area contributed by atoms with Gasteiger partial charge in [-0.1, -0.05) is 0 Å². The third kappa shape index (κ3) is 1.92. The first-order valence-corrected chi connectivity index (χ1v) is 5.02. The van der Waals surface area contributed by atoms with E-state index in [0.29, 0.717) is 5.69 Å². The summed E-state index contributed by atoms with van der Waals surface area (Å²) in [5.41, 5.74) is 1.68. The summed E-state index contributed by atoms with van der Waals surface area (Å²) in [5.74, 6) is 1.66. The monoisotopic (exact) mass is 218 g/mol. The zero-order valence-electron chi connectivity index (χ0n) is 9.34. The summed E-state index contributed by atoms with van der Waals surface area (Å²) < 4.78 is 6.99. The highest BCUT2D eigenvalue weighted by Crippen LogP contribution is 2.21. The highest BCUT2D eigenvalue weighted by Gasteiger charge is 2.06. The fraction of sp³-hybridized carbons (Fsp3) is 0.250. The van der Waals surface area contributed by atoms with Gasteiger partial charge in [0.1, 0.15) is 11.6 Å². The normalized spacial score (nSPS) is 10.4.